The predicted molar refractivity (Wildman–Crippen MR) is 52.1 cm³/mol. The van der Waals surface area contributed by atoms with E-state index in [0.29, 0.717) is 0 Å². The second-order valence-electron chi connectivity index (χ2n) is 4.70. The Morgan fingerprint density at radius 1 is 1.50 bits per heavy atom. The normalized spacial score (nSPS) is 25.4. The van der Waals surface area contributed by atoms with Crippen LogP contribution in [0.4, 0.5) is 0 Å². The molecule has 1 N–H and O–H groups in total. The van der Waals surface area contributed by atoms with Crippen molar-refractivity contribution in [3.63, 3.8) is 0 Å². The van der Waals surface area contributed by atoms with Gasteiger partial charge in [0.1, 0.15) is 0 Å². The zero-order chi connectivity index (χ0) is 8.60. The smallest absolute Gasteiger partial charge is 0.0159 e. The third-order valence-electron chi connectivity index (χ3n) is 3.24. The molecule has 0 spiro atoms. The molecule has 0 unspecified atom stereocenters. The molecular weight excluding hydrogens is 146 g/mol. The molecule has 2 rings (SSSR count). The van der Waals surface area contributed by atoms with Crippen LogP contribution in [0.3, 0.4) is 0 Å². The fourth-order valence-electron chi connectivity index (χ4n) is 2.11. The zero-order valence-electron chi connectivity index (χ0n) is 8.03. The van der Waals surface area contributed by atoms with Crippen molar-refractivity contribution in [3.8, 4) is 0 Å². The molecule has 0 bridgehead atoms. The summed E-state index contributed by atoms with van der Waals surface area (Å²) < 4.78 is 0. The molecule has 2 saturated carbocycles. The highest BCUT2D eigenvalue weighted by atomic mass is 14.9. The van der Waals surface area contributed by atoms with Gasteiger partial charge in [0.05, 0.1) is 0 Å². The summed E-state index contributed by atoms with van der Waals surface area (Å²) >= 11 is 0. The van der Waals surface area contributed by atoms with Crippen LogP contribution in [-0.4, -0.2) is 13.1 Å². The molecule has 68 valence electrons. The topological polar surface area (TPSA) is 12.0 Å². The molecule has 0 aromatic carbocycles. The molecule has 12 heavy (non-hydrogen) atoms. The molecule has 0 aromatic heterocycles. The molecule has 0 saturated heterocycles. The highest BCUT2D eigenvalue weighted by Crippen LogP contribution is 2.60. The minimum atomic E-state index is 0.745. The van der Waals surface area contributed by atoms with Gasteiger partial charge in [-0.25, -0.2) is 0 Å². The summed E-state index contributed by atoms with van der Waals surface area (Å²) in [5.74, 6) is 1.08. The van der Waals surface area contributed by atoms with Crippen molar-refractivity contribution >= 4 is 0 Å². The fourth-order valence-corrected chi connectivity index (χ4v) is 2.11. The molecule has 0 amide bonds. The first-order chi connectivity index (χ1) is 5.73. The van der Waals surface area contributed by atoms with Gasteiger partial charge in [-0.2, -0.15) is 0 Å². The standard InChI is InChI=1S/C11H19N/c1-9(2)7-12-8-11(5-6-11)10-3-4-10/h10,12H,1,3-8H2,2H3. The van der Waals surface area contributed by atoms with Crippen LogP contribution >= 0.6 is 0 Å². The van der Waals surface area contributed by atoms with E-state index < -0.39 is 0 Å². The van der Waals surface area contributed by atoms with Crippen molar-refractivity contribution in [2.75, 3.05) is 13.1 Å². The SMILES string of the molecule is C=C(C)CNCC1(C2CC2)CC1. The number of rotatable bonds is 5. The van der Waals surface area contributed by atoms with Gasteiger partial charge < -0.3 is 5.32 Å². The molecule has 0 radical (unpaired) electrons. The van der Waals surface area contributed by atoms with E-state index in [9.17, 15) is 0 Å². The summed E-state index contributed by atoms with van der Waals surface area (Å²) in [7, 11) is 0. The van der Waals surface area contributed by atoms with E-state index in [1.807, 2.05) is 0 Å². The average Bonchev–Trinajstić information content (AvgIpc) is 2.82. The fraction of sp³-hybridized carbons (Fsp3) is 0.818. The van der Waals surface area contributed by atoms with Gasteiger partial charge in [0.2, 0.25) is 0 Å². The van der Waals surface area contributed by atoms with Crippen molar-refractivity contribution in [3.05, 3.63) is 12.2 Å². The molecule has 0 aliphatic heterocycles. The van der Waals surface area contributed by atoms with Gasteiger partial charge in [0, 0.05) is 13.1 Å². The second kappa shape index (κ2) is 2.88. The van der Waals surface area contributed by atoms with Crippen LogP contribution in [0.25, 0.3) is 0 Å². The molecule has 2 aliphatic rings. The molecule has 1 heteroatoms. The summed E-state index contributed by atoms with van der Waals surface area (Å²) in [6.45, 7) is 8.23. The van der Waals surface area contributed by atoms with Crippen LogP contribution in [0.15, 0.2) is 12.2 Å². The maximum Gasteiger partial charge on any atom is 0.0159 e. The van der Waals surface area contributed by atoms with E-state index in [1.165, 1.54) is 37.8 Å². The van der Waals surface area contributed by atoms with Crippen LogP contribution in [0, 0.1) is 11.3 Å². The van der Waals surface area contributed by atoms with E-state index >= 15 is 0 Å². The van der Waals surface area contributed by atoms with Gasteiger partial charge in [-0.05, 0) is 43.9 Å². The van der Waals surface area contributed by atoms with Crippen molar-refractivity contribution in [2.45, 2.75) is 32.6 Å². The van der Waals surface area contributed by atoms with E-state index in [1.54, 1.807) is 0 Å². The lowest BCUT2D eigenvalue weighted by molar-refractivity contribution is 0.411. The summed E-state index contributed by atoms with van der Waals surface area (Å²) in [6, 6.07) is 0. The lowest BCUT2D eigenvalue weighted by atomic mass is 10.0. The molecule has 1 nitrogen and oxygen atoms in total. The minimum absolute atomic E-state index is 0.745. The summed E-state index contributed by atoms with van der Waals surface area (Å²) in [5.41, 5.74) is 2.00. The molecule has 0 aromatic rings. The van der Waals surface area contributed by atoms with E-state index in [0.717, 1.165) is 17.9 Å². The Bertz CT molecular complexity index is 187. The first-order valence-corrected chi connectivity index (χ1v) is 5.08. The average molecular weight is 165 g/mol. The highest BCUT2D eigenvalue weighted by Gasteiger charge is 2.52. The minimum Gasteiger partial charge on any atom is -0.312 e. The van der Waals surface area contributed by atoms with Gasteiger partial charge in [-0.3, -0.25) is 0 Å². The van der Waals surface area contributed by atoms with E-state index in [2.05, 4.69) is 18.8 Å². The van der Waals surface area contributed by atoms with Crippen LogP contribution in [0.1, 0.15) is 32.6 Å². The van der Waals surface area contributed by atoms with E-state index in [4.69, 9.17) is 0 Å². The first-order valence-electron chi connectivity index (χ1n) is 5.08. The molecule has 0 atom stereocenters. The summed E-state index contributed by atoms with van der Waals surface area (Å²) in [5, 5.41) is 3.51. The van der Waals surface area contributed by atoms with Crippen LogP contribution in [0.2, 0.25) is 0 Å². The second-order valence-corrected chi connectivity index (χ2v) is 4.70. The molecule has 0 heterocycles. The van der Waals surface area contributed by atoms with Gasteiger partial charge in [-0.15, -0.1) is 0 Å². The van der Waals surface area contributed by atoms with Gasteiger partial charge in [-0.1, -0.05) is 12.2 Å². The van der Waals surface area contributed by atoms with Crippen LogP contribution in [0.5, 0.6) is 0 Å². The Hall–Kier alpha value is -0.300. The van der Waals surface area contributed by atoms with Crippen molar-refractivity contribution < 1.29 is 0 Å². The highest BCUT2D eigenvalue weighted by molar-refractivity contribution is 5.05. The Kier molecular flexibility index (Phi) is 1.99. The van der Waals surface area contributed by atoms with Gasteiger partial charge >= 0.3 is 0 Å². The zero-order valence-corrected chi connectivity index (χ0v) is 8.03. The Labute approximate surface area is 75.2 Å². The van der Waals surface area contributed by atoms with Crippen molar-refractivity contribution in [1.82, 2.24) is 5.32 Å². The summed E-state index contributed by atoms with van der Waals surface area (Å²) in [4.78, 5) is 0. The molecule has 2 aliphatic carbocycles. The van der Waals surface area contributed by atoms with Crippen LogP contribution < -0.4 is 5.32 Å². The lowest BCUT2D eigenvalue weighted by Crippen LogP contribution is -2.26. The Balaban J connectivity index is 1.68. The largest absolute Gasteiger partial charge is 0.312 e. The maximum atomic E-state index is 3.89. The van der Waals surface area contributed by atoms with Crippen molar-refractivity contribution in [1.29, 1.82) is 0 Å². The maximum absolute atomic E-state index is 3.89. The first kappa shape index (κ1) is 8.31. The molecular formula is C11H19N. The number of nitrogens with one attached hydrogen (secondary N) is 1. The Morgan fingerprint density at radius 2 is 2.17 bits per heavy atom. The quantitative estimate of drug-likeness (QED) is 0.617. The van der Waals surface area contributed by atoms with E-state index in [-0.39, 0.29) is 0 Å². The van der Waals surface area contributed by atoms with Crippen molar-refractivity contribution in [2.24, 2.45) is 11.3 Å². The van der Waals surface area contributed by atoms with Gasteiger partial charge in [0.15, 0.2) is 0 Å². The predicted octanol–water partition coefficient (Wildman–Crippen LogP) is 2.34. The Morgan fingerprint density at radius 3 is 2.58 bits per heavy atom. The third-order valence-corrected chi connectivity index (χ3v) is 3.24. The number of hydrogen-bond acceptors (Lipinski definition) is 1. The van der Waals surface area contributed by atoms with Crippen LogP contribution in [-0.2, 0) is 0 Å². The van der Waals surface area contributed by atoms with Gasteiger partial charge in [0.25, 0.3) is 0 Å². The summed E-state index contributed by atoms with van der Waals surface area (Å²) in [6.07, 6.45) is 5.94. The molecule has 2 fully saturated rings. The lowest BCUT2D eigenvalue weighted by Gasteiger charge is -2.14. The third kappa shape index (κ3) is 1.71. The number of hydrogen-bond donors (Lipinski definition) is 1. The monoisotopic (exact) mass is 165 g/mol.